The molecule has 1 amide bonds. The predicted octanol–water partition coefficient (Wildman–Crippen LogP) is 2.96. The van der Waals surface area contributed by atoms with Crippen LogP contribution in [-0.2, 0) is 11.2 Å². The van der Waals surface area contributed by atoms with E-state index in [4.69, 9.17) is 9.47 Å². The largest absolute Gasteiger partial charge is 0.497 e. The van der Waals surface area contributed by atoms with Crippen molar-refractivity contribution in [3.63, 3.8) is 0 Å². The SMILES string of the molecule is COc1ccc(OCCN(C)C(=O)Cc2cnn(-c3ccccc3)c2)cc1. The number of likely N-dealkylation sites (N-methyl/N-ethyl adjacent to an activating group) is 1. The molecule has 6 nitrogen and oxygen atoms in total. The number of ether oxygens (including phenoxy) is 2. The van der Waals surface area contributed by atoms with Crippen LogP contribution in [0.3, 0.4) is 0 Å². The number of amides is 1. The molecule has 0 fully saturated rings. The highest BCUT2D eigenvalue weighted by Crippen LogP contribution is 2.17. The molecule has 27 heavy (non-hydrogen) atoms. The molecule has 0 radical (unpaired) electrons. The van der Waals surface area contributed by atoms with Crippen molar-refractivity contribution in [2.45, 2.75) is 6.42 Å². The van der Waals surface area contributed by atoms with Gasteiger partial charge in [-0.05, 0) is 42.0 Å². The van der Waals surface area contributed by atoms with E-state index in [0.717, 1.165) is 22.7 Å². The second-order valence-corrected chi connectivity index (χ2v) is 6.14. The molecule has 0 aliphatic heterocycles. The Labute approximate surface area is 158 Å². The fraction of sp³-hybridized carbons (Fsp3) is 0.238. The fourth-order valence-corrected chi connectivity index (χ4v) is 2.58. The van der Waals surface area contributed by atoms with Gasteiger partial charge in [0.25, 0.3) is 0 Å². The summed E-state index contributed by atoms with van der Waals surface area (Å²) in [6, 6.07) is 17.2. The summed E-state index contributed by atoms with van der Waals surface area (Å²) >= 11 is 0. The number of carbonyl (C=O) groups is 1. The molecule has 0 unspecified atom stereocenters. The Hall–Kier alpha value is -3.28. The second-order valence-electron chi connectivity index (χ2n) is 6.14. The van der Waals surface area contributed by atoms with Crippen molar-refractivity contribution in [2.75, 3.05) is 27.3 Å². The van der Waals surface area contributed by atoms with Crippen LogP contribution in [0.2, 0.25) is 0 Å². The highest BCUT2D eigenvalue weighted by atomic mass is 16.5. The molecule has 2 aromatic carbocycles. The van der Waals surface area contributed by atoms with Crippen molar-refractivity contribution >= 4 is 5.91 Å². The van der Waals surface area contributed by atoms with Crippen molar-refractivity contribution in [1.82, 2.24) is 14.7 Å². The van der Waals surface area contributed by atoms with Crippen LogP contribution in [0.15, 0.2) is 67.0 Å². The molecule has 140 valence electrons. The number of carbonyl (C=O) groups excluding carboxylic acids is 1. The number of methoxy groups -OCH3 is 1. The standard InChI is InChI=1S/C21H23N3O3/c1-23(12-13-27-20-10-8-19(26-2)9-11-20)21(25)14-17-15-22-24(16-17)18-6-4-3-5-7-18/h3-11,15-16H,12-14H2,1-2H3. The van der Waals surface area contributed by atoms with Crippen LogP contribution in [0, 0.1) is 0 Å². The Morgan fingerprint density at radius 3 is 2.48 bits per heavy atom. The maximum absolute atomic E-state index is 12.4. The van der Waals surface area contributed by atoms with Crippen LogP contribution in [0.1, 0.15) is 5.56 Å². The quantitative estimate of drug-likeness (QED) is 0.616. The Morgan fingerprint density at radius 1 is 1.07 bits per heavy atom. The molecule has 6 heteroatoms. The molecule has 3 aromatic rings. The Balaban J connectivity index is 1.47. The molecule has 0 aliphatic rings. The third-order valence-corrected chi connectivity index (χ3v) is 4.19. The number of nitrogens with zero attached hydrogens (tertiary/aromatic N) is 3. The zero-order valence-corrected chi connectivity index (χ0v) is 15.5. The van der Waals surface area contributed by atoms with Crippen LogP contribution in [0.25, 0.3) is 5.69 Å². The fourth-order valence-electron chi connectivity index (χ4n) is 2.58. The van der Waals surface area contributed by atoms with Gasteiger partial charge in [0.2, 0.25) is 5.91 Å². The summed E-state index contributed by atoms with van der Waals surface area (Å²) in [4.78, 5) is 14.1. The molecule has 0 N–H and O–H groups in total. The normalized spacial score (nSPS) is 10.4. The number of hydrogen-bond acceptors (Lipinski definition) is 4. The Morgan fingerprint density at radius 2 is 1.78 bits per heavy atom. The molecular formula is C21H23N3O3. The van der Waals surface area contributed by atoms with E-state index in [2.05, 4.69) is 5.10 Å². The summed E-state index contributed by atoms with van der Waals surface area (Å²) in [6.45, 7) is 0.940. The smallest absolute Gasteiger partial charge is 0.226 e. The molecule has 0 bridgehead atoms. The molecule has 0 saturated carbocycles. The first-order valence-electron chi connectivity index (χ1n) is 8.75. The van der Waals surface area contributed by atoms with Gasteiger partial charge in [-0.1, -0.05) is 18.2 Å². The minimum Gasteiger partial charge on any atom is -0.497 e. The summed E-state index contributed by atoms with van der Waals surface area (Å²) in [5, 5.41) is 4.33. The number of aromatic nitrogens is 2. The van der Waals surface area contributed by atoms with E-state index in [0.29, 0.717) is 19.6 Å². The monoisotopic (exact) mass is 365 g/mol. The van der Waals surface area contributed by atoms with Crippen molar-refractivity contribution in [2.24, 2.45) is 0 Å². The number of rotatable bonds is 8. The van der Waals surface area contributed by atoms with Crippen LogP contribution < -0.4 is 9.47 Å². The molecule has 3 rings (SSSR count). The molecular weight excluding hydrogens is 342 g/mol. The topological polar surface area (TPSA) is 56.6 Å². The lowest BCUT2D eigenvalue weighted by atomic mass is 10.2. The minimum absolute atomic E-state index is 0.0287. The lowest BCUT2D eigenvalue weighted by molar-refractivity contribution is -0.129. The van der Waals surface area contributed by atoms with Crippen molar-refractivity contribution in [3.05, 3.63) is 72.6 Å². The van der Waals surface area contributed by atoms with E-state index in [1.807, 2.05) is 60.8 Å². The first kappa shape index (κ1) is 18.5. The van der Waals surface area contributed by atoms with E-state index in [1.54, 1.807) is 29.9 Å². The van der Waals surface area contributed by atoms with Gasteiger partial charge >= 0.3 is 0 Å². The van der Waals surface area contributed by atoms with Gasteiger partial charge < -0.3 is 14.4 Å². The van der Waals surface area contributed by atoms with Crippen molar-refractivity contribution in [3.8, 4) is 17.2 Å². The zero-order valence-electron chi connectivity index (χ0n) is 15.5. The third kappa shape index (κ3) is 5.10. The molecule has 0 aliphatic carbocycles. The van der Waals surface area contributed by atoms with Crippen LogP contribution in [0.5, 0.6) is 11.5 Å². The van der Waals surface area contributed by atoms with Gasteiger partial charge in [-0.3, -0.25) is 4.79 Å². The molecule has 0 spiro atoms. The maximum atomic E-state index is 12.4. The minimum atomic E-state index is 0.0287. The first-order valence-corrected chi connectivity index (χ1v) is 8.75. The average Bonchev–Trinajstić information content (AvgIpc) is 3.17. The summed E-state index contributed by atoms with van der Waals surface area (Å²) in [6.07, 6.45) is 3.92. The van der Waals surface area contributed by atoms with E-state index in [-0.39, 0.29) is 5.91 Å². The van der Waals surface area contributed by atoms with Gasteiger partial charge in [0.1, 0.15) is 18.1 Å². The van der Waals surface area contributed by atoms with Gasteiger partial charge in [-0.2, -0.15) is 5.10 Å². The summed E-state index contributed by atoms with van der Waals surface area (Å²) in [5.74, 6) is 1.56. The molecule has 0 saturated heterocycles. The van der Waals surface area contributed by atoms with Crippen molar-refractivity contribution in [1.29, 1.82) is 0 Å². The van der Waals surface area contributed by atoms with Gasteiger partial charge in [0.15, 0.2) is 0 Å². The predicted molar refractivity (Wildman–Crippen MR) is 103 cm³/mol. The maximum Gasteiger partial charge on any atom is 0.226 e. The van der Waals surface area contributed by atoms with E-state index in [1.165, 1.54) is 0 Å². The van der Waals surface area contributed by atoms with E-state index in [9.17, 15) is 4.79 Å². The molecule has 1 heterocycles. The van der Waals surface area contributed by atoms with Crippen LogP contribution >= 0.6 is 0 Å². The van der Waals surface area contributed by atoms with Gasteiger partial charge in [0, 0.05) is 13.2 Å². The van der Waals surface area contributed by atoms with Crippen molar-refractivity contribution < 1.29 is 14.3 Å². The first-order chi connectivity index (χ1) is 13.2. The van der Waals surface area contributed by atoms with Gasteiger partial charge in [0.05, 0.1) is 32.0 Å². The second kappa shape index (κ2) is 8.89. The lowest BCUT2D eigenvalue weighted by Crippen LogP contribution is -2.32. The number of para-hydroxylation sites is 1. The highest BCUT2D eigenvalue weighted by molar-refractivity contribution is 5.78. The van der Waals surface area contributed by atoms with Gasteiger partial charge in [-0.25, -0.2) is 4.68 Å². The summed E-state index contributed by atoms with van der Waals surface area (Å²) in [7, 11) is 3.40. The van der Waals surface area contributed by atoms with E-state index >= 15 is 0 Å². The lowest BCUT2D eigenvalue weighted by Gasteiger charge is -2.17. The van der Waals surface area contributed by atoms with Gasteiger partial charge in [-0.15, -0.1) is 0 Å². The number of hydrogen-bond donors (Lipinski definition) is 0. The van der Waals surface area contributed by atoms with Crippen LogP contribution in [0.4, 0.5) is 0 Å². The summed E-state index contributed by atoms with van der Waals surface area (Å²) < 4.78 is 12.6. The average molecular weight is 365 g/mol. The molecule has 0 atom stereocenters. The Kier molecular flexibility index (Phi) is 6.10. The number of benzene rings is 2. The molecule has 1 aromatic heterocycles. The zero-order chi connectivity index (χ0) is 19.1. The Bertz CT molecular complexity index is 860. The highest BCUT2D eigenvalue weighted by Gasteiger charge is 2.11. The third-order valence-electron chi connectivity index (χ3n) is 4.19. The van der Waals surface area contributed by atoms with Crippen LogP contribution in [-0.4, -0.2) is 47.9 Å². The summed E-state index contributed by atoms with van der Waals surface area (Å²) in [5.41, 5.74) is 1.85. The van der Waals surface area contributed by atoms with E-state index < -0.39 is 0 Å².